The minimum atomic E-state index is -2.50. The van der Waals surface area contributed by atoms with Gasteiger partial charge in [-0.05, 0) is 29.8 Å². The van der Waals surface area contributed by atoms with Crippen LogP contribution in [0.5, 0.6) is 23.0 Å². The molecule has 0 spiro atoms. The highest BCUT2D eigenvalue weighted by Crippen LogP contribution is 2.48. The molecule has 34 heavy (non-hydrogen) atoms. The Kier molecular flexibility index (Phi) is 7.21. The van der Waals surface area contributed by atoms with Crippen LogP contribution in [0.15, 0.2) is 42.2 Å². The normalized spacial score (nSPS) is 18.1. The van der Waals surface area contributed by atoms with E-state index in [1.165, 1.54) is 47.7 Å². The Morgan fingerprint density at radius 3 is 1.91 bits per heavy atom. The van der Waals surface area contributed by atoms with E-state index in [0.717, 1.165) is 7.11 Å². The van der Waals surface area contributed by atoms with Gasteiger partial charge in [0.15, 0.2) is 23.2 Å². The molecular weight excluding hydrogens is 448 g/mol. The predicted molar refractivity (Wildman–Crippen MR) is 119 cm³/mol. The molecule has 10 heteroatoms. The summed E-state index contributed by atoms with van der Waals surface area (Å²) in [4.78, 5) is 25.9. The molecule has 2 aromatic rings. The molecule has 3 rings (SSSR count). The largest absolute Gasteiger partial charge is 0.497 e. The van der Waals surface area contributed by atoms with E-state index < -0.39 is 23.6 Å². The van der Waals surface area contributed by atoms with Crippen LogP contribution in [0.3, 0.4) is 0 Å². The van der Waals surface area contributed by atoms with Crippen molar-refractivity contribution in [2.75, 3.05) is 42.7 Å². The van der Waals surface area contributed by atoms with Crippen LogP contribution in [0.25, 0.3) is 5.57 Å². The number of carbonyl (C=O) groups excluding carboxylic acids is 2. The van der Waals surface area contributed by atoms with Crippen LogP contribution >= 0.6 is 0 Å². The van der Waals surface area contributed by atoms with Crippen molar-refractivity contribution in [2.45, 2.75) is 11.7 Å². The fourth-order valence-electron chi connectivity index (χ4n) is 3.86. The Balaban J connectivity index is 2.23. The molecule has 0 fully saturated rings. The van der Waals surface area contributed by atoms with Crippen molar-refractivity contribution >= 4 is 17.5 Å². The van der Waals surface area contributed by atoms with E-state index in [1.807, 2.05) is 0 Å². The van der Waals surface area contributed by atoms with Gasteiger partial charge in [0.05, 0.1) is 42.7 Å². The van der Waals surface area contributed by atoms with E-state index in [-0.39, 0.29) is 28.4 Å². The van der Waals surface area contributed by atoms with Crippen molar-refractivity contribution in [2.24, 2.45) is 0 Å². The lowest BCUT2D eigenvalue weighted by molar-refractivity contribution is -0.205. The van der Waals surface area contributed by atoms with Gasteiger partial charge in [0, 0.05) is 5.56 Å². The second-order valence-electron chi connectivity index (χ2n) is 7.14. The molecule has 0 amide bonds. The highest BCUT2D eigenvalue weighted by atomic mass is 16.7. The standard InChI is InChI=1S/C24H26O10/c1-28-15-9-7-13(8-10-15)19(23(26)33-6)24(27)21(32-5)18(22(25)34-24)14-11-16(29-2)20(31-4)17(12-14)30-3/h7-12,19,27H,1-6H3/t19-,24?/m1/s1. The summed E-state index contributed by atoms with van der Waals surface area (Å²) in [5.74, 6) is -4.63. The van der Waals surface area contributed by atoms with Gasteiger partial charge in [0.1, 0.15) is 11.3 Å². The third-order valence-corrected chi connectivity index (χ3v) is 5.44. The summed E-state index contributed by atoms with van der Waals surface area (Å²) in [6.45, 7) is 0. The Morgan fingerprint density at radius 2 is 1.47 bits per heavy atom. The van der Waals surface area contributed by atoms with Crippen molar-refractivity contribution in [3.05, 3.63) is 53.3 Å². The molecule has 0 saturated carbocycles. The number of hydrogen-bond acceptors (Lipinski definition) is 10. The number of benzene rings is 2. The quantitative estimate of drug-likeness (QED) is 0.542. The summed E-state index contributed by atoms with van der Waals surface area (Å²) in [7, 11) is 8.20. The van der Waals surface area contributed by atoms with E-state index in [1.54, 1.807) is 24.3 Å². The lowest BCUT2D eigenvalue weighted by Crippen LogP contribution is -2.44. The first-order valence-corrected chi connectivity index (χ1v) is 10.1. The molecule has 1 unspecified atom stereocenters. The van der Waals surface area contributed by atoms with Crippen molar-refractivity contribution < 1.29 is 47.9 Å². The maximum Gasteiger partial charge on any atom is 0.345 e. The van der Waals surface area contributed by atoms with Gasteiger partial charge >= 0.3 is 11.9 Å². The second kappa shape index (κ2) is 9.92. The van der Waals surface area contributed by atoms with Crippen molar-refractivity contribution in [1.82, 2.24) is 0 Å². The van der Waals surface area contributed by atoms with Crippen molar-refractivity contribution in [3.63, 3.8) is 0 Å². The maximum atomic E-state index is 13.1. The topological polar surface area (TPSA) is 119 Å². The molecule has 1 aliphatic heterocycles. The molecule has 0 bridgehead atoms. The molecule has 0 radical (unpaired) electrons. The van der Waals surface area contributed by atoms with Crippen molar-refractivity contribution in [1.29, 1.82) is 0 Å². The van der Waals surface area contributed by atoms with Crippen LogP contribution in [0.2, 0.25) is 0 Å². The number of aliphatic hydroxyl groups is 1. The number of methoxy groups -OCH3 is 6. The Labute approximate surface area is 196 Å². The molecule has 0 aromatic heterocycles. The molecule has 182 valence electrons. The molecular formula is C24H26O10. The summed E-state index contributed by atoms with van der Waals surface area (Å²) in [5.41, 5.74) is 0.445. The molecule has 1 heterocycles. The molecule has 1 aliphatic rings. The zero-order chi connectivity index (χ0) is 25.0. The summed E-state index contributed by atoms with van der Waals surface area (Å²) in [6.07, 6.45) is 0. The van der Waals surface area contributed by atoms with Crippen LogP contribution in [0, 0.1) is 0 Å². The van der Waals surface area contributed by atoms with Crippen molar-refractivity contribution in [3.8, 4) is 23.0 Å². The first-order chi connectivity index (χ1) is 16.3. The monoisotopic (exact) mass is 474 g/mol. The van der Waals surface area contributed by atoms with Gasteiger partial charge < -0.3 is 38.3 Å². The molecule has 0 saturated heterocycles. The Morgan fingerprint density at radius 1 is 0.882 bits per heavy atom. The number of hydrogen-bond donors (Lipinski definition) is 1. The highest BCUT2D eigenvalue weighted by Gasteiger charge is 2.58. The van der Waals surface area contributed by atoms with Crippen LogP contribution in [0.1, 0.15) is 17.0 Å². The Hall–Kier alpha value is -3.92. The van der Waals surface area contributed by atoms with Gasteiger partial charge in [-0.15, -0.1) is 0 Å². The average molecular weight is 474 g/mol. The fraction of sp³-hybridized carbons (Fsp3) is 0.333. The summed E-state index contributed by atoms with van der Waals surface area (Å²) in [5, 5.41) is 11.6. The third-order valence-electron chi connectivity index (χ3n) is 5.44. The fourth-order valence-corrected chi connectivity index (χ4v) is 3.86. The first kappa shape index (κ1) is 24.7. The molecule has 0 aliphatic carbocycles. The second-order valence-corrected chi connectivity index (χ2v) is 7.14. The summed E-state index contributed by atoms with van der Waals surface area (Å²) in [6, 6.07) is 9.31. The zero-order valence-electron chi connectivity index (χ0n) is 19.7. The summed E-state index contributed by atoms with van der Waals surface area (Å²) < 4.78 is 37.0. The number of rotatable bonds is 9. The lowest BCUT2D eigenvalue weighted by Gasteiger charge is -2.30. The van der Waals surface area contributed by atoms with Gasteiger partial charge in [-0.2, -0.15) is 0 Å². The maximum absolute atomic E-state index is 13.1. The van der Waals surface area contributed by atoms with Gasteiger partial charge in [0.2, 0.25) is 5.75 Å². The molecule has 2 atom stereocenters. The first-order valence-electron chi connectivity index (χ1n) is 10.1. The predicted octanol–water partition coefficient (Wildman–Crippen LogP) is 2.28. The minimum absolute atomic E-state index is 0.119. The molecule has 10 nitrogen and oxygen atoms in total. The third kappa shape index (κ3) is 4.08. The zero-order valence-corrected chi connectivity index (χ0v) is 19.7. The molecule has 2 aromatic carbocycles. The molecule has 1 N–H and O–H groups in total. The van der Waals surface area contributed by atoms with Crippen LogP contribution in [0.4, 0.5) is 0 Å². The van der Waals surface area contributed by atoms with E-state index in [2.05, 4.69) is 0 Å². The average Bonchev–Trinajstić information content (AvgIpc) is 3.12. The van der Waals surface area contributed by atoms with Gasteiger partial charge in [0.25, 0.3) is 5.79 Å². The number of carbonyl (C=O) groups is 2. The Bertz CT molecular complexity index is 1080. The van der Waals surface area contributed by atoms with E-state index in [9.17, 15) is 14.7 Å². The number of ether oxygens (including phenoxy) is 7. The van der Waals surface area contributed by atoms with Gasteiger partial charge in [-0.1, -0.05) is 12.1 Å². The lowest BCUT2D eigenvalue weighted by atomic mass is 9.87. The van der Waals surface area contributed by atoms with E-state index in [0.29, 0.717) is 17.1 Å². The van der Waals surface area contributed by atoms with Gasteiger partial charge in [-0.3, -0.25) is 4.79 Å². The smallest absolute Gasteiger partial charge is 0.345 e. The highest BCUT2D eigenvalue weighted by molar-refractivity contribution is 6.20. The van der Waals surface area contributed by atoms with Crippen LogP contribution < -0.4 is 18.9 Å². The van der Waals surface area contributed by atoms with Gasteiger partial charge in [-0.25, -0.2) is 4.79 Å². The number of esters is 2. The SMILES string of the molecule is COC(=O)[C@@H](c1ccc(OC)cc1)C1(O)OC(=O)C(c2cc(OC)c(OC)c(OC)c2)=C1OC. The minimum Gasteiger partial charge on any atom is -0.497 e. The number of cyclic esters (lactones) is 1. The van der Waals surface area contributed by atoms with E-state index in [4.69, 9.17) is 33.2 Å². The summed E-state index contributed by atoms with van der Waals surface area (Å²) >= 11 is 0. The van der Waals surface area contributed by atoms with Crippen LogP contribution in [-0.4, -0.2) is 65.5 Å². The van der Waals surface area contributed by atoms with Crippen LogP contribution in [-0.2, 0) is 23.8 Å². The van der Waals surface area contributed by atoms with E-state index >= 15 is 0 Å².